The van der Waals surface area contributed by atoms with Gasteiger partial charge in [0.1, 0.15) is 11.6 Å². The van der Waals surface area contributed by atoms with Crippen molar-refractivity contribution >= 4 is 29.6 Å². The summed E-state index contributed by atoms with van der Waals surface area (Å²) in [4.78, 5) is 22.8. The third-order valence-corrected chi connectivity index (χ3v) is 3.81. The monoisotopic (exact) mass is 276 g/mol. The summed E-state index contributed by atoms with van der Waals surface area (Å²) in [5.41, 5.74) is 0. The van der Waals surface area contributed by atoms with E-state index in [2.05, 4.69) is 19.6 Å². The van der Waals surface area contributed by atoms with E-state index in [1.165, 1.54) is 0 Å². The highest BCUT2D eigenvalue weighted by Crippen LogP contribution is 2.04. The van der Waals surface area contributed by atoms with Gasteiger partial charge in [-0.15, -0.1) is 0 Å². The minimum Gasteiger partial charge on any atom is -0.424 e. The quantitative estimate of drug-likeness (QED) is 0.343. The third-order valence-electron chi connectivity index (χ3n) is 2.04. The van der Waals surface area contributed by atoms with Gasteiger partial charge in [-0.2, -0.15) is 0 Å². The van der Waals surface area contributed by atoms with Crippen molar-refractivity contribution in [2.45, 2.75) is 45.5 Å². The number of hydrogen-bond donors (Lipinski definition) is 0. The van der Waals surface area contributed by atoms with Crippen LogP contribution in [0.3, 0.4) is 0 Å². The zero-order valence-electron chi connectivity index (χ0n) is 11.4. The van der Waals surface area contributed by atoms with Crippen LogP contribution in [0.1, 0.15) is 19.3 Å². The molecule has 0 saturated heterocycles. The van der Waals surface area contributed by atoms with Gasteiger partial charge in [-0.25, -0.2) is 0 Å². The molecule has 100 valence electrons. The molecule has 0 spiro atoms. The van der Waals surface area contributed by atoms with Crippen molar-refractivity contribution in [2.24, 2.45) is 0 Å². The van der Waals surface area contributed by atoms with Crippen LogP contribution in [-0.4, -0.2) is 42.9 Å². The number of hydrogen-bond acceptors (Lipinski definition) is 4. The summed E-state index contributed by atoms with van der Waals surface area (Å²) in [6.07, 6.45) is 0.741. The van der Waals surface area contributed by atoms with Gasteiger partial charge in [-0.3, -0.25) is 9.59 Å². The van der Waals surface area contributed by atoms with E-state index in [1.54, 1.807) is 0 Å². The molecule has 0 aromatic heterocycles. The van der Waals surface area contributed by atoms with E-state index in [9.17, 15) is 9.59 Å². The summed E-state index contributed by atoms with van der Waals surface area (Å²) >= 11 is 0. The van der Waals surface area contributed by atoms with E-state index < -0.39 is 18.1 Å². The summed E-state index contributed by atoms with van der Waals surface area (Å²) in [7, 11) is -1.98. The van der Waals surface area contributed by atoms with Crippen molar-refractivity contribution in [3.8, 4) is 0 Å². The maximum Gasteiger partial charge on any atom is 0.183 e. The highest BCUT2D eigenvalue weighted by atomic mass is 28.4. The van der Waals surface area contributed by atoms with Crippen LogP contribution in [0.5, 0.6) is 0 Å². The zero-order valence-corrected chi connectivity index (χ0v) is 13.8. The molecule has 0 N–H and O–H groups in total. The molecule has 17 heavy (non-hydrogen) atoms. The van der Waals surface area contributed by atoms with Gasteiger partial charge in [-0.1, -0.05) is 6.55 Å². The molecule has 0 rings (SSSR count). The van der Waals surface area contributed by atoms with Crippen LogP contribution >= 0.6 is 0 Å². The van der Waals surface area contributed by atoms with E-state index in [4.69, 9.17) is 8.85 Å². The second-order valence-electron chi connectivity index (χ2n) is 4.91. The lowest BCUT2D eigenvalue weighted by Gasteiger charge is -2.16. The van der Waals surface area contributed by atoms with Crippen molar-refractivity contribution in [3.05, 3.63) is 0 Å². The summed E-state index contributed by atoms with van der Waals surface area (Å²) in [6, 6.07) is 0. The second kappa shape index (κ2) is 8.74. The molecular formula is C11H24O4Si2. The molecule has 0 aliphatic heterocycles. The average Bonchev–Trinajstić information content (AvgIpc) is 2.15. The van der Waals surface area contributed by atoms with Crippen molar-refractivity contribution < 1.29 is 18.4 Å². The summed E-state index contributed by atoms with van der Waals surface area (Å²) < 4.78 is 10.8. The van der Waals surface area contributed by atoms with Crippen molar-refractivity contribution in [3.63, 3.8) is 0 Å². The van der Waals surface area contributed by atoms with E-state index in [0.29, 0.717) is 26.1 Å². The van der Waals surface area contributed by atoms with Gasteiger partial charge < -0.3 is 8.85 Å². The van der Waals surface area contributed by atoms with Gasteiger partial charge in [0.2, 0.25) is 0 Å². The fourth-order valence-electron chi connectivity index (χ4n) is 1.20. The van der Waals surface area contributed by atoms with Crippen LogP contribution in [0.2, 0.25) is 26.2 Å². The molecule has 0 amide bonds. The van der Waals surface area contributed by atoms with Crippen LogP contribution < -0.4 is 0 Å². The van der Waals surface area contributed by atoms with Crippen molar-refractivity contribution in [1.29, 1.82) is 0 Å². The molecule has 0 bridgehead atoms. The lowest BCUT2D eigenvalue weighted by Crippen LogP contribution is -2.26. The third kappa shape index (κ3) is 11.9. The molecule has 0 fully saturated rings. The Balaban J connectivity index is 3.61. The first kappa shape index (κ1) is 16.7. The molecule has 0 heterocycles. The maximum absolute atomic E-state index is 11.5. The highest BCUT2D eigenvalue weighted by Gasteiger charge is 2.15. The number of carbonyl (C=O) groups is 2. The van der Waals surface area contributed by atoms with E-state index >= 15 is 0 Å². The molecule has 0 aliphatic rings. The zero-order chi connectivity index (χ0) is 13.3. The summed E-state index contributed by atoms with van der Waals surface area (Å²) in [5, 5.41) is 0. The predicted octanol–water partition coefficient (Wildman–Crippen LogP) is 1.29. The van der Waals surface area contributed by atoms with Crippen molar-refractivity contribution in [2.75, 3.05) is 13.2 Å². The fourth-order valence-corrected chi connectivity index (χ4v) is 2.35. The maximum atomic E-state index is 11.5. The van der Waals surface area contributed by atoms with Crippen LogP contribution in [0, 0.1) is 0 Å². The number of rotatable bonds is 10. The topological polar surface area (TPSA) is 52.6 Å². The van der Waals surface area contributed by atoms with E-state index in [1.807, 2.05) is 6.55 Å². The van der Waals surface area contributed by atoms with Crippen LogP contribution in [0.15, 0.2) is 0 Å². The van der Waals surface area contributed by atoms with Gasteiger partial charge in [0.25, 0.3) is 0 Å². The molecule has 0 aromatic carbocycles. The summed E-state index contributed by atoms with van der Waals surface area (Å²) in [5.74, 6) is -0.0487. The first-order chi connectivity index (χ1) is 7.85. The van der Waals surface area contributed by atoms with Crippen LogP contribution in [0.4, 0.5) is 0 Å². The van der Waals surface area contributed by atoms with E-state index in [0.717, 1.165) is 0 Å². The number of carbonyl (C=O) groups excluding carboxylic acids is 2. The van der Waals surface area contributed by atoms with Gasteiger partial charge in [0.05, 0.1) is 6.42 Å². The Kier molecular flexibility index (Phi) is 8.58. The lowest BCUT2D eigenvalue weighted by molar-refractivity contribution is -0.127. The Labute approximate surface area is 107 Å². The van der Waals surface area contributed by atoms with Crippen LogP contribution in [0.25, 0.3) is 0 Å². The minimum absolute atomic E-state index is 0.0227. The Hall–Kier alpha value is -0.306. The minimum atomic E-state index is -1.54. The van der Waals surface area contributed by atoms with Crippen molar-refractivity contribution in [1.82, 2.24) is 0 Å². The molecule has 0 aliphatic carbocycles. The predicted molar refractivity (Wildman–Crippen MR) is 73.5 cm³/mol. The molecule has 0 atom stereocenters. The lowest BCUT2D eigenvalue weighted by atomic mass is 10.1. The molecule has 0 unspecified atom stereocenters. The molecular weight excluding hydrogens is 252 g/mol. The second-order valence-corrected chi connectivity index (χ2v) is 10.4. The van der Waals surface area contributed by atoms with Gasteiger partial charge in [0, 0.05) is 26.1 Å². The first-order valence-corrected chi connectivity index (χ1v) is 11.5. The summed E-state index contributed by atoms with van der Waals surface area (Å²) in [6.45, 7) is 9.17. The Morgan fingerprint density at radius 3 is 2.06 bits per heavy atom. The molecule has 0 aromatic rings. The number of Topliss-reactive ketones (excluding diaryl/α,β-unsaturated/α-hetero) is 2. The van der Waals surface area contributed by atoms with Gasteiger partial charge in [0.15, 0.2) is 18.1 Å². The first-order valence-electron chi connectivity index (χ1n) is 6.10. The van der Waals surface area contributed by atoms with Gasteiger partial charge >= 0.3 is 0 Å². The smallest absolute Gasteiger partial charge is 0.183 e. The number of ketones is 2. The normalized spacial score (nSPS) is 12.2. The standard InChI is InChI=1S/C11H24O4Si2/c1-16-14-7-5-10(12)9-11(13)6-8-15-17(2,3)4/h5-9,16H2,1-4H3. The molecule has 0 radical (unpaired) electrons. The van der Waals surface area contributed by atoms with E-state index in [-0.39, 0.29) is 18.0 Å². The molecule has 0 saturated carbocycles. The van der Waals surface area contributed by atoms with Gasteiger partial charge in [-0.05, 0) is 19.6 Å². The molecule has 4 nitrogen and oxygen atoms in total. The Bertz CT molecular complexity index is 248. The largest absolute Gasteiger partial charge is 0.424 e. The highest BCUT2D eigenvalue weighted by molar-refractivity contribution is 6.69. The van der Waals surface area contributed by atoms with Crippen LogP contribution in [-0.2, 0) is 18.4 Å². The Morgan fingerprint density at radius 2 is 1.59 bits per heavy atom. The Morgan fingerprint density at radius 1 is 1.06 bits per heavy atom. The average molecular weight is 276 g/mol. The SMILES string of the molecule is C[SiH2]OCCC(=O)CC(=O)CCO[Si](C)(C)C. The molecule has 6 heteroatoms. The fraction of sp³-hybridized carbons (Fsp3) is 0.818.